The van der Waals surface area contributed by atoms with Crippen molar-refractivity contribution in [2.24, 2.45) is 0 Å². The average molecular weight is 262 g/mol. The van der Waals surface area contributed by atoms with Gasteiger partial charge in [-0.25, -0.2) is 0 Å². The smallest absolute Gasteiger partial charge is 0.118 e. The van der Waals surface area contributed by atoms with E-state index >= 15 is 0 Å². The topological polar surface area (TPSA) is 28.4 Å². The Kier molecular flexibility index (Phi) is 4.48. The van der Waals surface area contributed by atoms with Gasteiger partial charge in [0.2, 0.25) is 0 Å². The molecule has 1 N–H and O–H groups in total. The fourth-order valence-corrected chi connectivity index (χ4v) is 2.31. The second kappa shape index (κ2) is 5.93. The summed E-state index contributed by atoms with van der Waals surface area (Å²) >= 11 is 0. The highest BCUT2D eigenvalue weighted by atomic mass is 16.3. The second-order valence-corrected chi connectivity index (χ2v) is 6.57. The molecule has 0 aliphatic carbocycles. The van der Waals surface area contributed by atoms with Crippen LogP contribution in [-0.4, -0.2) is 23.5 Å². The van der Waals surface area contributed by atoms with Crippen LogP contribution in [-0.2, 0) is 13.1 Å². The maximum absolute atomic E-state index is 5.67. The summed E-state index contributed by atoms with van der Waals surface area (Å²) in [5.41, 5.74) is 2.84. The van der Waals surface area contributed by atoms with Gasteiger partial charge in [-0.2, -0.15) is 0 Å². The quantitative estimate of drug-likeness (QED) is 0.844. The fourth-order valence-electron chi connectivity index (χ4n) is 2.31. The number of hydrogen-bond donors (Lipinski definition) is 1. The summed E-state index contributed by atoms with van der Waals surface area (Å²) in [5.74, 6) is 1.07. The molecule has 0 fully saturated rings. The standard InChI is InChI=1S/C16H26N2O/c1-13-6-5-7-18(10-13)11-15-8-14(12-19-15)9-17-16(2,3)4/h6,8,12,17H,5,7,9-11H2,1-4H3. The van der Waals surface area contributed by atoms with E-state index in [0.717, 1.165) is 38.4 Å². The van der Waals surface area contributed by atoms with Crippen molar-refractivity contribution in [3.8, 4) is 0 Å². The van der Waals surface area contributed by atoms with E-state index in [1.807, 2.05) is 6.26 Å². The van der Waals surface area contributed by atoms with Gasteiger partial charge < -0.3 is 9.73 Å². The van der Waals surface area contributed by atoms with Crippen molar-refractivity contribution >= 4 is 0 Å². The van der Waals surface area contributed by atoms with Crippen LogP contribution in [0.25, 0.3) is 0 Å². The highest BCUT2D eigenvalue weighted by molar-refractivity contribution is 5.14. The molecule has 2 rings (SSSR count). The van der Waals surface area contributed by atoms with Crippen molar-refractivity contribution in [1.82, 2.24) is 10.2 Å². The first-order chi connectivity index (χ1) is 8.92. The lowest BCUT2D eigenvalue weighted by Crippen LogP contribution is -2.34. The summed E-state index contributed by atoms with van der Waals surface area (Å²) in [5, 5.41) is 3.48. The Morgan fingerprint density at radius 3 is 2.84 bits per heavy atom. The minimum Gasteiger partial charge on any atom is -0.468 e. The van der Waals surface area contributed by atoms with E-state index in [9.17, 15) is 0 Å². The summed E-state index contributed by atoms with van der Waals surface area (Å²) in [6.07, 6.45) is 5.36. The molecule has 0 unspecified atom stereocenters. The van der Waals surface area contributed by atoms with Crippen LogP contribution in [0.5, 0.6) is 0 Å². The number of furan rings is 1. The van der Waals surface area contributed by atoms with Crippen molar-refractivity contribution in [2.75, 3.05) is 13.1 Å². The zero-order chi connectivity index (χ0) is 13.9. The zero-order valence-corrected chi connectivity index (χ0v) is 12.6. The van der Waals surface area contributed by atoms with Crippen molar-refractivity contribution in [1.29, 1.82) is 0 Å². The molecule has 2 heterocycles. The Morgan fingerprint density at radius 2 is 2.16 bits per heavy atom. The van der Waals surface area contributed by atoms with Crippen LogP contribution in [0.15, 0.2) is 28.4 Å². The van der Waals surface area contributed by atoms with E-state index < -0.39 is 0 Å². The Bertz CT molecular complexity index is 440. The van der Waals surface area contributed by atoms with Crippen molar-refractivity contribution in [2.45, 2.75) is 52.7 Å². The van der Waals surface area contributed by atoms with Gasteiger partial charge in [0.05, 0.1) is 12.8 Å². The van der Waals surface area contributed by atoms with Gasteiger partial charge in [-0.15, -0.1) is 0 Å². The zero-order valence-electron chi connectivity index (χ0n) is 12.6. The molecule has 0 bridgehead atoms. The summed E-state index contributed by atoms with van der Waals surface area (Å²) < 4.78 is 5.67. The van der Waals surface area contributed by atoms with E-state index in [1.54, 1.807) is 0 Å². The van der Waals surface area contributed by atoms with Crippen LogP contribution in [0, 0.1) is 0 Å². The maximum atomic E-state index is 5.67. The van der Waals surface area contributed by atoms with Gasteiger partial charge in [-0.1, -0.05) is 11.6 Å². The minimum absolute atomic E-state index is 0.145. The Morgan fingerprint density at radius 1 is 1.37 bits per heavy atom. The predicted octanol–water partition coefficient (Wildman–Crippen LogP) is 3.32. The molecule has 0 radical (unpaired) electrons. The van der Waals surface area contributed by atoms with Crippen molar-refractivity contribution < 1.29 is 4.42 Å². The van der Waals surface area contributed by atoms with Gasteiger partial charge >= 0.3 is 0 Å². The highest BCUT2D eigenvalue weighted by Gasteiger charge is 2.13. The van der Waals surface area contributed by atoms with Gasteiger partial charge in [-0.3, -0.25) is 4.90 Å². The van der Waals surface area contributed by atoms with Gasteiger partial charge in [0.1, 0.15) is 5.76 Å². The SMILES string of the molecule is CC1=CCCN(Cc2cc(CNC(C)(C)C)co2)C1. The average Bonchev–Trinajstić information content (AvgIpc) is 2.73. The third kappa shape index (κ3) is 4.84. The number of nitrogens with one attached hydrogen (secondary N) is 1. The highest BCUT2D eigenvalue weighted by Crippen LogP contribution is 2.15. The third-order valence-corrected chi connectivity index (χ3v) is 3.32. The van der Waals surface area contributed by atoms with Crippen LogP contribution >= 0.6 is 0 Å². The molecule has 1 aliphatic heterocycles. The first-order valence-electron chi connectivity index (χ1n) is 7.12. The van der Waals surface area contributed by atoms with Crippen LogP contribution < -0.4 is 5.32 Å². The summed E-state index contributed by atoms with van der Waals surface area (Å²) in [6.45, 7) is 12.7. The molecule has 1 aromatic heterocycles. The summed E-state index contributed by atoms with van der Waals surface area (Å²) in [7, 11) is 0. The molecule has 1 aliphatic rings. The summed E-state index contributed by atoms with van der Waals surface area (Å²) in [4.78, 5) is 2.44. The molecule has 106 valence electrons. The van der Waals surface area contributed by atoms with Crippen LogP contribution in [0.4, 0.5) is 0 Å². The Labute approximate surface area is 116 Å². The molecule has 0 amide bonds. The van der Waals surface area contributed by atoms with Crippen molar-refractivity contribution in [3.63, 3.8) is 0 Å². The monoisotopic (exact) mass is 262 g/mol. The first-order valence-corrected chi connectivity index (χ1v) is 7.12. The lowest BCUT2D eigenvalue weighted by atomic mass is 10.1. The van der Waals surface area contributed by atoms with Gasteiger partial charge in [0.15, 0.2) is 0 Å². The van der Waals surface area contributed by atoms with E-state index in [-0.39, 0.29) is 5.54 Å². The molecule has 0 saturated carbocycles. The molecule has 0 saturated heterocycles. The van der Waals surface area contributed by atoms with Crippen molar-refractivity contribution in [3.05, 3.63) is 35.3 Å². The second-order valence-electron chi connectivity index (χ2n) is 6.57. The fraction of sp³-hybridized carbons (Fsp3) is 0.625. The Balaban J connectivity index is 1.85. The molecule has 1 aromatic rings. The molecule has 3 heteroatoms. The Hall–Kier alpha value is -1.06. The molecular weight excluding hydrogens is 236 g/mol. The van der Waals surface area contributed by atoms with Gasteiger partial charge in [0.25, 0.3) is 0 Å². The predicted molar refractivity (Wildman–Crippen MR) is 79.0 cm³/mol. The lowest BCUT2D eigenvalue weighted by Gasteiger charge is -2.24. The van der Waals surface area contributed by atoms with E-state index in [2.05, 4.69) is 50.1 Å². The molecule has 0 aromatic carbocycles. The van der Waals surface area contributed by atoms with Gasteiger partial charge in [-0.05, 0) is 40.2 Å². The lowest BCUT2D eigenvalue weighted by molar-refractivity contribution is 0.258. The number of rotatable bonds is 4. The summed E-state index contributed by atoms with van der Waals surface area (Å²) in [6, 6.07) is 2.17. The van der Waals surface area contributed by atoms with E-state index in [1.165, 1.54) is 11.1 Å². The normalized spacial score (nSPS) is 17.6. The molecule has 3 nitrogen and oxygen atoms in total. The van der Waals surface area contributed by atoms with Crippen LogP contribution in [0.3, 0.4) is 0 Å². The number of hydrogen-bond acceptors (Lipinski definition) is 3. The number of nitrogens with zero attached hydrogens (tertiary/aromatic N) is 1. The molecular formula is C16H26N2O. The first kappa shape index (κ1) is 14.4. The molecule has 19 heavy (non-hydrogen) atoms. The third-order valence-electron chi connectivity index (χ3n) is 3.32. The van der Waals surface area contributed by atoms with Crippen LogP contribution in [0.1, 0.15) is 45.4 Å². The van der Waals surface area contributed by atoms with Crippen LogP contribution in [0.2, 0.25) is 0 Å². The maximum Gasteiger partial charge on any atom is 0.118 e. The minimum atomic E-state index is 0.145. The van der Waals surface area contributed by atoms with Gasteiger partial charge in [0, 0.05) is 30.7 Å². The van der Waals surface area contributed by atoms with E-state index in [4.69, 9.17) is 4.42 Å². The van der Waals surface area contributed by atoms with E-state index in [0.29, 0.717) is 0 Å². The molecule has 0 atom stereocenters. The molecule has 0 spiro atoms. The largest absolute Gasteiger partial charge is 0.468 e.